The molecule has 12 aromatic rings. The second-order valence-electron chi connectivity index (χ2n) is 40.8. The Morgan fingerprint density at radius 2 is 0.567 bits per heavy atom. The molecule has 4 aromatic heterocycles. The summed E-state index contributed by atoms with van der Waals surface area (Å²) in [6.45, 7) is 20.6. The molecule has 0 spiro atoms. The minimum absolute atomic E-state index is 0.0379. The summed E-state index contributed by atoms with van der Waals surface area (Å²) >= 11 is 0. The maximum absolute atomic E-state index is 13.7. The van der Waals surface area contributed by atoms with Crippen LogP contribution in [0.2, 0.25) is 0 Å². The molecule has 150 heavy (non-hydrogen) atoms. The predicted molar refractivity (Wildman–Crippen MR) is 584 cm³/mol. The Balaban J connectivity index is 0.000000187. The van der Waals surface area contributed by atoms with Crippen molar-refractivity contribution in [2.75, 3.05) is 59.1 Å². The van der Waals surface area contributed by atoms with E-state index >= 15 is 0 Å². The number of ketones is 3. The van der Waals surface area contributed by atoms with Crippen LogP contribution in [0.4, 0.5) is 0 Å². The van der Waals surface area contributed by atoms with Crippen molar-refractivity contribution in [2.45, 2.75) is 234 Å². The van der Waals surface area contributed by atoms with Crippen molar-refractivity contribution in [1.29, 1.82) is 0 Å². The lowest BCUT2D eigenvalue weighted by Gasteiger charge is -2.23. The minimum Gasteiger partial charge on any atom is -0.494 e. The van der Waals surface area contributed by atoms with Crippen molar-refractivity contribution < 1.29 is 72.7 Å². The molecule has 6 atom stereocenters. The summed E-state index contributed by atoms with van der Waals surface area (Å²) in [5, 5.41) is 28.5. The molecule has 15 rings (SSSR count). The molecule has 786 valence electrons. The molecule has 3 fully saturated rings. The van der Waals surface area contributed by atoms with Gasteiger partial charge < -0.3 is 44.2 Å². The molecule has 0 saturated carbocycles. The van der Waals surface area contributed by atoms with Crippen molar-refractivity contribution in [3.05, 3.63) is 294 Å². The van der Waals surface area contributed by atoms with Crippen LogP contribution in [0.1, 0.15) is 261 Å². The second kappa shape index (κ2) is 57.2. The quantitative estimate of drug-likeness (QED) is 0.0235. The van der Waals surface area contributed by atoms with E-state index in [0.29, 0.717) is 98.1 Å². The van der Waals surface area contributed by atoms with Gasteiger partial charge in [-0.25, -0.2) is 39.9 Å². The number of nitrogens with zero attached hydrogens (tertiary/aromatic N) is 11. The van der Waals surface area contributed by atoms with Crippen LogP contribution in [-0.4, -0.2) is 182 Å². The van der Waals surface area contributed by atoms with Crippen LogP contribution in [0.5, 0.6) is 17.2 Å². The SMILES string of the molecule is CCCCCCCOc1ccc(-c2cnc(-c3ccc(C[C@H](CC(=O)c4ccc(CC)cc4)C(=O)N4CC[C@H](C(=O)O)C4)cc3)nc2)cc1.CCCCCCCOc1ccc(-c2cnc(-c3ccc(C[C@H](CC(=O)c4ccc(CCC)cc4)C(=O)N4CC[C@H](C(=O)O)C4)cc3)nc2)cc1.CCCCCCCOc1ccc(-c2cnc(-c3ccc(C[C@H](CC(=O)c4cnc(C(C)(C)C)nc4)C(=O)N4CC[C@H](C(=O)O)C4)cc3)nc2)cc1. The van der Waals surface area contributed by atoms with Crippen LogP contribution in [0.3, 0.4) is 0 Å². The summed E-state index contributed by atoms with van der Waals surface area (Å²) in [6.07, 6.45) is 37.2. The fraction of sp³-hybridized carbons (Fsp3) is 0.411. The number of carboxylic acids is 3. The standard InChI is InChI=1S/C42H49N3O5.C41H49N5O5.C41H47N3O5/c1-3-5-6-7-8-24-50-38-20-18-32(19-21-38)37-27-43-40(44-28-37)34-16-12-31(13-17-34)25-36(41(47)45-23-22-35(29-45)42(48)49)26-39(46)33-14-10-30(9-4-2)11-15-33;1-5-6-7-8-9-20-51-35-16-14-29(15-17-35)33-23-42-37(43-24-33)30-12-10-28(11-13-30)21-32(38(48)46-19-18-31(27-46)39(49)50)22-36(47)34-25-44-40(45-26-34)41(2,3)4;1-3-5-6-7-8-23-49-37-19-17-31(18-20-37)36-26-42-39(43-27-36)33-15-11-30(12-16-33)24-35(40(46)44-22-21-34(28-44)41(47)48)25-38(45)32-13-9-29(4-2)10-14-32/h10-21,27-28,35-36H,3-9,22-26,29H2,1-2H3,(H,48,49);10-17,23-26,31-32H,5-9,18-22,27H2,1-4H3,(H,49,50);9-20,26-27,34-35H,3-8,21-25,28H2,1-2H3,(H,47,48)/t35-,36+;31-,32+;34-,35+/m000/s1. The number of benzene rings is 8. The summed E-state index contributed by atoms with van der Waals surface area (Å²) in [5.41, 5.74) is 14.5. The average molecular weight is 2030 g/mol. The molecular formula is C124H145N11O15. The summed E-state index contributed by atoms with van der Waals surface area (Å²) < 4.78 is 17.7. The van der Waals surface area contributed by atoms with Gasteiger partial charge in [-0.3, -0.25) is 43.2 Å². The van der Waals surface area contributed by atoms with Crippen molar-refractivity contribution in [1.82, 2.24) is 54.6 Å². The molecular weight excluding hydrogens is 1880 g/mol. The lowest BCUT2D eigenvalue weighted by atomic mass is 9.90. The summed E-state index contributed by atoms with van der Waals surface area (Å²) in [5.74, 6) is -2.33. The fourth-order valence-corrected chi connectivity index (χ4v) is 19.0. The van der Waals surface area contributed by atoms with Crippen LogP contribution in [0, 0.1) is 35.5 Å². The van der Waals surface area contributed by atoms with E-state index in [1.165, 1.54) is 95.0 Å². The maximum atomic E-state index is 13.7. The van der Waals surface area contributed by atoms with E-state index in [4.69, 9.17) is 14.2 Å². The smallest absolute Gasteiger partial charge is 0.308 e. The first-order valence-electron chi connectivity index (χ1n) is 53.8. The Bertz CT molecular complexity index is 6330. The van der Waals surface area contributed by atoms with E-state index in [2.05, 4.69) is 74.5 Å². The Kier molecular flexibility index (Phi) is 42.9. The monoisotopic (exact) mass is 2030 g/mol. The predicted octanol–water partition coefficient (Wildman–Crippen LogP) is 24.2. The highest BCUT2D eigenvalue weighted by atomic mass is 16.5. The number of carboxylic acid groups (broad SMARTS) is 3. The van der Waals surface area contributed by atoms with E-state index in [9.17, 15) is 58.5 Å². The number of amides is 3. The summed E-state index contributed by atoms with van der Waals surface area (Å²) in [7, 11) is 0. The first-order valence-corrected chi connectivity index (χ1v) is 53.8. The van der Waals surface area contributed by atoms with Gasteiger partial charge >= 0.3 is 17.9 Å². The molecule has 26 nitrogen and oxygen atoms in total. The van der Waals surface area contributed by atoms with E-state index in [1.807, 2.05) is 240 Å². The number of aliphatic carboxylic acids is 3. The zero-order valence-corrected chi connectivity index (χ0v) is 88.2. The van der Waals surface area contributed by atoms with Gasteiger partial charge in [-0.05, 0) is 152 Å². The van der Waals surface area contributed by atoms with Crippen LogP contribution in [0.25, 0.3) is 67.5 Å². The number of carbonyl (C=O) groups is 9. The van der Waals surface area contributed by atoms with E-state index < -0.39 is 53.4 Å². The highest BCUT2D eigenvalue weighted by Crippen LogP contribution is 2.35. The van der Waals surface area contributed by atoms with E-state index in [-0.39, 0.29) is 79.4 Å². The number of rotatable bonds is 51. The molecule has 3 saturated heterocycles. The van der Waals surface area contributed by atoms with Gasteiger partial charge in [-0.2, -0.15) is 0 Å². The number of Topliss-reactive ketones (excluding diaryl/α,β-unsaturated/α-hetero) is 3. The second-order valence-corrected chi connectivity index (χ2v) is 40.8. The first-order chi connectivity index (χ1) is 72.7. The van der Waals surface area contributed by atoms with Crippen molar-refractivity contribution in [3.63, 3.8) is 0 Å². The van der Waals surface area contributed by atoms with Gasteiger partial charge in [0.25, 0.3) is 0 Å². The molecule has 3 aliphatic heterocycles. The topological polar surface area (TPSA) is 355 Å². The first kappa shape index (κ1) is 112. The molecule has 3 amide bonds. The number of carbonyl (C=O) groups excluding carboxylic acids is 6. The van der Waals surface area contributed by atoms with Gasteiger partial charge in [-0.1, -0.05) is 297 Å². The third-order valence-electron chi connectivity index (χ3n) is 28.2. The molecule has 7 heterocycles. The van der Waals surface area contributed by atoms with Crippen LogP contribution >= 0.6 is 0 Å². The molecule has 8 aromatic carbocycles. The average Bonchev–Trinajstić information content (AvgIpc) is 1.27. The number of aryl methyl sites for hydroxylation is 2. The van der Waals surface area contributed by atoms with Gasteiger partial charge in [0.15, 0.2) is 34.8 Å². The van der Waals surface area contributed by atoms with Gasteiger partial charge in [0, 0.05) is 176 Å². The maximum Gasteiger partial charge on any atom is 0.308 e. The van der Waals surface area contributed by atoms with Crippen molar-refractivity contribution in [2.24, 2.45) is 35.5 Å². The van der Waals surface area contributed by atoms with Crippen molar-refractivity contribution in [3.8, 4) is 84.8 Å². The minimum atomic E-state index is -0.911. The zero-order valence-electron chi connectivity index (χ0n) is 88.2. The number of hydrogen-bond acceptors (Lipinski definition) is 20. The van der Waals surface area contributed by atoms with E-state index in [0.717, 1.165) is 148 Å². The third kappa shape index (κ3) is 33.7. The number of aromatic nitrogens is 8. The number of ether oxygens (including phenoxy) is 3. The number of unbranched alkanes of at least 4 members (excludes halogenated alkanes) is 12. The van der Waals surface area contributed by atoms with Crippen LogP contribution < -0.4 is 14.2 Å². The van der Waals surface area contributed by atoms with Crippen LogP contribution in [-0.2, 0) is 66.3 Å². The fourth-order valence-electron chi connectivity index (χ4n) is 19.0. The van der Waals surface area contributed by atoms with E-state index in [1.54, 1.807) is 27.1 Å². The Hall–Kier alpha value is -14.7. The third-order valence-corrected chi connectivity index (χ3v) is 28.2. The Labute approximate surface area is 882 Å². The largest absolute Gasteiger partial charge is 0.494 e. The number of hydrogen-bond donors (Lipinski definition) is 3. The highest BCUT2D eigenvalue weighted by Gasteiger charge is 2.39. The van der Waals surface area contributed by atoms with Gasteiger partial charge in [0.1, 0.15) is 23.1 Å². The molecule has 0 unspecified atom stereocenters. The lowest BCUT2D eigenvalue weighted by Crippen LogP contribution is -2.37. The molecule has 0 aliphatic carbocycles. The Morgan fingerprint density at radius 3 is 0.827 bits per heavy atom. The van der Waals surface area contributed by atoms with Gasteiger partial charge in [0.2, 0.25) is 17.7 Å². The normalized spacial score (nSPS) is 14.9. The highest BCUT2D eigenvalue weighted by molar-refractivity contribution is 6.01. The zero-order chi connectivity index (χ0) is 106. The number of likely N-dealkylation sites (tertiary alicyclic amines) is 3. The summed E-state index contributed by atoms with van der Waals surface area (Å²) in [6, 6.07) is 62.3. The van der Waals surface area contributed by atoms with Gasteiger partial charge in [-0.15, -0.1) is 0 Å². The molecule has 0 radical (unpaired) electrons. The Morgan fingerprint density at radius 1 is 0.300 bits per heavy atom. The molecule has 26 heteroatoms. The van der Waals surface area contributed by atoms with Crippen molar-refractivity contribution >= 4 is 53.0 Å². The molecule has 0 bridgehead atoms. The molecule has 3 N–H and O–H groups in total. The van der Waals surface area contributed by atoms with Gasteiger partial charge in [0.05, 0.1) is 43.1 Å². The summed E-state index contributed by atoms with van der Waals surface area (Å²) in [4.78, 5) is 157. The lowest BCUT2D eigenvalue weighted by molar-refractivity contribution is -0.143. The van der Waals surface area contributed by atoms with Crippen LogP contribution in [0.15, 0.2) is 244 Å². The molecule has 3 aliphatic rings.